The van der Waals surface area contributed by atoms with Gasteiger partial charge in [0.25, 0.3) is 0 Å². The summed E-state index contributed by atoms with van der Waals surface area (Å²) in [5.41, 5.74) is 7.44. The van der Waals surface area contributed by atoms with Crippen LogP contribution in [0.5, 0.6) is 0 Å². The van der Waals surface area contributed by atoms with Crippen molar-refractivity contribution in [1.29, 1.82) is 0 Å². The van der Waals surface area contributed by atoms with Crippen molar-refractivity contribution in [1.82, 2.24) is 9.88 Å². The van der Waals surface area contributed by atoms with Crippen molar-refractivity contribution < 1.29 is 4.74 Å². The van der Waals surface area contributed by atoms with Gasteiger partial charge >= 0.3 is 0 Å². The van der Waals surface area contributed by atoms with Crippen LogP contribution in [0, 0.1) is 0 Å². The van der Waals surface area contributed by atoms with Gasteiger partial charge in [-0.05, 0) is 37.9 Å². The third-order valence-electron chi connectivity index (χ3n) is 4.47. The molecule has 2 atom stereocenters. The SMILES string of the molecule is CCCC1CC(CN)(N(C)Cc2cccnc2)CCO1. The molecule has 1 saturated heterocycles. The van der Waals surface area contributed by atoms with Gasteiger partial charge in [0, 0.05) is 37.6 Å². The van der Waals surface area contributed by atoms with Crippen LogP contribution in [0.25, 0.3) is 0 Å². The number of nitrogens with two attached hydrogens (primary N) is 1. The van der Waals surface area contributed by atoms with Gasteiger partial charge in [-0.3, -0.25) is 9.88 Å². The van der Waals surface area contributed by atoms with Gasteiger partial charge in [-0.15, -0.1) is 0 Å². The second kappa shape index (κ2) is 7.16. The van der Waals surface area contributed by atoms with E-state index in [4.69, 9.17) is 10.5 Å². The van der Waals surface area contributed by atoms with E-state index in [1.54, 1.807) is 0 Å². The van der Waals surface area contributed by atoms with Gasteiger partial charge in [0.15, 0.2) is 0 Å². The number of aromatic nitrogens is 1. The third kappa shape index (κ3) is 3.57. The second-order valence-corrected chi connectivity index (χ2v) is 5.88. The van der Waals surface area contributed by atoms with E-state index in [1.807, 2.05) is 18.5 Å². The molecule has 2 rings (SSSR count). The lowest BCUT2D eigenvalue weighted by molar-refractivity contribution is -0.0691. The Labute approximate surface area is 122 Å². The predicted octanol–water partition coefficient (Wildman–Crippen LogP) is 2.19. The highest BCUT2D eigenvalue weighted by atomic mass is 16.5. The van der Waals surface area contributed by atoms with Crippen LogP contribution < -0.4 is 5.73 Å². The van der Waals surface area contributed by atoms with E-state index in [9.17, 15) is 0 Å². The Balaban J connectivity index is 2.05. The lowest BCUT2D eigenvalue weighted by Crippen LogP contribution is -2.56. The van der Waals surface area contributed by atoms with E-state index >= 15 is 0 Å². The van der Waals surface area contributed by atoms with Gasteiger partial charge in [-0.2, -0.15) is 0 Å². The zero-order valence-corrected chi connectivity index (χ0v) is 12.7. The average Bonchev–Trinajstić information content (AvgIpc) is 2.48. The van der Waals surface area contributed by atoms with Crippen LogP contribution in [0.4, 0.5) is 0 Å². The van der Waals surface area contributed by atoms with Crippen LogP contribution >= 0.6 is 0 Å². The highest BCUT2D eigenvalue weighted by molar-refractivity contribution is 5.09. The van der Waals surface area contributed by atoms with Crippen LogP contribution in [-0.2, 0) is 11.3 Å². The number of rotatable bonds is 6. The van der Waals surface area contributed by atoms with E-state index in [1.165, 1.54) is 5.56 Å². The van der Waals surface area contributed by atoms with Crippen molar-refractivity contribution in [2.45, 2.75) is 50.8 Å². The molecule has 2 N–H and O–H groups in total. The summed E-state index contributed by atoms with van der Waals surface area (Å²) < 4.78 is 5.88. The average molecular weight is 277 g/mol. The summed E-state index contributed by atoms with van der Waals surface area (Å²) in [7, 11) is 2.17. The van der Waals surface area contributed by atoms with Crippen LogP contribution in [0.1, 0.15) is 38.2 Å². The summed E-state index contributed by atoms with van der Waals surface area (Å²) in [6.45, 7) is 4.61. The Kier molecular flexibility index (Phi) is 5.52. The molecular formula is C16H27N3O. The van der Waals surface area contributed by atoms with Crippen LogP contribution in [0.2, 0.25) is 0 Å². The van der Waals surface area contributed by atoms with Crippen molar-refractivity contribution in [2.24, 2.45) is 5.73 Å². The molecule has 0 aromatic carbocycles. The van der Waals surface area contributed by atoms with Gasteiger partial charge in [0.1, 0.15) is 0 Å². The number of hydrogen-bond donors (Lipinski definition) is 1. The predicted molar refractivity (Wildman–Crippen MR) is 81.4 cm³/mol. The molecule has 20 heavy (non-hydrogen) atoms. The fourth-order valence-corrected chi connectivity index (χ4v) is 3.13. The smallest absolute Gasteiger partial charge is 0.0593 e. The number of pyridine rings is 1. The van der Waals surface area contributed by atoms with Crippen molar-refractivity contribution in [3.63, 3.8) is 0 Å². The normalized spacial score (nSPS) is 26.9. The molecular weight excluding hydrogens is 250 g/mol. The number of hydrogen-bond acceptors (Lipinski definition) is 4. The molecule has 1 aromatic heterocycles. The Hall–Kier alpha value is -0.970. The molecule has 0 aliphatic carbocycles. The molecule has 1 fully saturated rings. The summed E-state index contributed by atoms with van der Waals surface area (Å²) in [5, 5.41) is 0. The van der Waals surface area contributed by atoms with Crippen LogP contribution in [-0.4, -0.2) is 41.7 Å². The number of nitrogens with zero attached hydrogens (tertiary/aromatic N) is 2. The van der Waals surface area contributed by atoms with Crippen molar-refractivity contribution in [3.05, 3.63) is 30.1 Å². The molecule has 0 amide bonds. The van der Waals surface area contributed by atoms with Crippen LogP contribution in [0.15, 0.2) is 24.5 Å². The summed E-state index contributed by atoms with van der Waals surface area (Å²) in [4.78, 5) is 6.59. The van der Waals surface area contributed by atoms with E-state index < -0.39 is 0 Å². The van der Waals surface area contributed by atoms with Crippen LogP contribution in [0.3, 0.4) is 0 Å². The quantitative estimate of drug-likeness (QED) is 0.866. The first-order chi connectivity index (χ1) is 9.70. The van der Waals surface area contributed by atoms with E-state index in [2.05, 4.69) is 29.9 Å². The molecule has 2 unspecified atom stereocenters. The maximum atomic E-state index is 6.14. The molecule has 1 aliphatic rings. The molecule has 0 spiro atoms. The standard InChI is InChI=1S/C16H27N3O/c1-3-5-15-10-16(13-17,7-9-20-15)19(2)12-14-6-4-8-18-11-14/h4,6,8,11,15H,3,5,7,9-10,12-13,17H2,1-2H3. The first-order valence-electron chi connectivity index (χ1n) is 7.62. The van der Waals surface area contributed by atoms with Gasteiger partial charge in [0.05, 0.1) is 6.10 Å². The maximum absolute atomic E-state index is 6.14. The van der Waals surface area contributed by atoms with Gasteiger partial charge in [-0.1, -0.05) is 19.4 Å². The topological polar surface area (TPSA) is 51.4 Å². The first kappa shape index (κ1) is 15.4. The van der Waals surface area contributed by atoms with E-state index in [-0.39, 0.29) is 5.54 Å². The fourth-order valence-electron chi connectivity index (χ4n) is 3.13. The Morgan fingerprint density at radius 3 is 3.05 bits per heavy atom. The second-order valence-electron chi connectivity index (χ2n) is 5.88. The molecule has 2 heterocycles. The minimum atomic E-state index is 0.0634. The number of ether oxygens (including phenoxy) is 1. The minimum absolute atomic E-state index is 0.0634. The monoisotopic (exact) mass is 277 g/mol. The lowest BCUT2D eigenvalue weighted by atomic mass is 9.83. The van der Waals surface area contributed by atoms with Crippen molar-refractivity contribution in [3.8, 4) is 0 Å². The number of likely N-dealkylation sites (N-methyl/N-ethyl adjacent to an activating group) is 1. The molecule has 1 aromatic rings. The molecule has 0 radical (unpaired) electrons. The molecule has 112 valence electrons. The summed E-state index contributed by atoms with van der Waals surface area (Å²) in [6, 6.07) is 4.11. The maximum Gasteiger partial charge on any atom is 0.0593 e. The first-order valence-corrected chi connectivity index (χ1v) is 7.62. The Morgan fingerprint density at radius 1 is 1.55 bits per heavy atom. The summed E-state index contributed by atoms with van der Waals surface area (Å²) in [6.07, 6.45) is 8.44. The third-order valence-corrected chi connectivity index (χ3v) is 4.47. The van der Waals surface area contributed by atoms with Gasteiger partial charge in [-0.25, -0.2) is 0 Å². The molecule has 0 saturated carbocycles. The summed E-state index contributed by atoms with van der Waals surface area (Å²) >= 11 is 0. The zero-order chi connectivity index (χ0) is 14.4. The Morgan fingerprint density at radius 2 is 2.40 bits per heavy atom. The molecule has 4 heteroatoms. The molecule has 1 aliphatic heterocycles. The molecule has 0 bridgehead atoms. The van der Waals surface area contributed by atoms with E-state index in [0.29, 0.717) is 12.6 Å². The molecule has 4 nitrogen and oxygen atoms in total. The summed E-state index contributed by atoms with van der Waals surface area (Å²) in [5.74, 6) is 0. The Bertz CT molecular complexity index is 396. The van der Waals surface area contributed by atoms with Crippen molar-refractivity contribution >= 4 is 0 Å². The highest BCUT2D eigenvalue weighted by Crippen LogP contribution is 2.32. The lowest BCUT2D eigenvalue weighted by Gasteiger charge is -2.46. The minimum Gasteiger partial charge on any atom is -0.378 e. The van der Waals surface area contributed by atoms with Crippen molar-refractivity contribution in [2.75, 3.05) is 20.2 Å². The van der Waals surface area contributed by atoms with Gasteiger partial charge < -0.3 is 10.5 Å². The van der Waals surface area contributed by atoms with E-state index in [0.717, 1.165) is 38.8 Å². The highest BCUT2D eigenvalue weighted by Gasteiger charge is 2.38. The fraction of sp³-hybridized carbons (Fsp3) is 0.688. The zero-order valence-electron chi connectivity index (χ0n) is 12.7. The largest absolute Gasteiger partial charge is 0.378 e. The van der Waals surface area contributed by atoms with Gasteiger partial charge in [0.2, 0.25) is 0 Å².